The number of carbonyl (C=O) groups excluding carboxylic acids is 5. The average Bonchev–Trinajstić information content (AvgIpc) is 1.61. The minimum atomic E-state index is -4.21. The van der Waals surface area contributed by atoms with Gasteiger partial charge in [-0.1, -0.05) is 0 Å². The number of nitrogens with zero attached hydrogens (tertiary/aromatic N) is 6. The Bertz CT molecular complexity index is 4800. The van der Waals surface area contributed by atoms with E-state index < -0.39 is 142 Å². The zero-order valence-corrected chi connectivity index (χ0v) is 57.2. The van der Waals surface area contributed by atoms with Gasteiger partial charge in [-0.05, 0) is 20.8 Å². The van der Waals surface area contributed by atoms with Crippen LogP contribution in [0.25, 0.3) is 0 Å². The maximum atomic E-state index is 13.6. The molecule has 6 atom stereocenters. The number of aryl methyl sites for hydroxylation is 3. The molecule has 0 spiro atoms. The van der Waals surface area contributed by atoms with Gasteiger partial charge < -0.3 is 80.5 Å². The monoisotopic (exact) mass is 1520 g/mol. The summed E-state index contributed by atoms with van der Waals surface area (Å²) in [7, 11) is -8.12. The third kappa shape index (κ3) is 15.5. The molecule has 7 aromatic rings. The molecule has 0 bridgehead atoms. The number of nitrogens with one attached hydrogen (secondary N) is 6. The molecule has 550 valence electrons. The number of oxazole rings is 1. The van der Waals surface area contributed by atoms with Crippen molar-refractivity contribution in [2.45, 2.75) is 59.2 Å². The van der Waals surface area contributed by atoms with Crippen LogP contribution in [0.3, 0.4) is 0 Å². The molecular formula is C60H61ClF9N13O16S3. The highest BCUT2D eigenvalue weighted by Crippen LogP contribution is 2.39. The van der Waals surface area contributed by atoms with Gasteiger partial charge in [-0.15, -0.1) is 0 Å². The van der Waals surface area contributed by atoms with Gasteiger partial charge in [-0.2, -0.15) is 0 Å². The van der Waals surface area contributed by atoms with Gasteiger partial charge in [0.05, 0.1) is 51.1 Å². The number of ether oxygens (including phenoxy) is 4. The Morgan fingerprint density at radius 2 is 0.863 bits per heavy atom. The Kier molecular flexibility index (Phi) is 21.3. The predicted molar refractivity (Wildman–Crippen MR) is 330 cm³/mol. The van der Waals surface area contributed by atoms with Gasteiger partial charge in [0.25, 0.3) is 23.6 Å². The second kappa shape index (κ2) is 28.8. The lowest BCUT2D eigenvalue weighted by molar-refractivity contribution is -0.638. The highest BCUT2D eigenvalue weighted by molar-refractivity contribution is 7.90. The second-order valence-corrected chi connectivity index (χ2v) is 30.1. The number of carbonyl (C=O) groups is 5. The molecule has 0 radical (unpaired) electrons. The summed E-state index contributed by atoms with van der Waals surface area (Å²) in [5.41, 5.74) is -2.43. The highest BCUT2D eigenvalue weighted by atomic mass is 35.5. The van der Waals surface area contributed by atoms with Crippen LogP contribution in [0.5, 0.6) is 17.2 Å². The maximum absolute atomic E-state index is 13.6. The highest BCUT2D eigenvalue weighted by Gasteiger charge is 2.46. The van der Waals surface area contributed by atoms with Crippen LogP contribution >= 0.6 is 0 Å². The Morgan fingerprint density at radius 1 is 0.520 bits per heavy atom. The summed E-state index contributed by atoms with van der Waals surface area (Å²) in [5, 5.41) is 8.67. The number of anilines is 3. The summed E-state index contributed by atoms with van der Waals surface area (Å²) in [6.07, 6.45) is 5.53. The van der Waals surface area contributed by atoms with Crippen LogP contribution in [0.1, 0.15) is 62.9 Å². The number of sulfonamides is 3. The van der Waals surface area contributed by atoms with Crippen LogP contribution in [0.2, 0.25) is 0 Å². The fourth-order valence-corrected chi connectivity index (χ4v) is 16.4. The van der Waals surface area contributed by atoms with Gasteiger partial charge in [0.15, 0.2) is 86.7 Å². The molecule has 5 amide bonds. The molecule has 42 heteroatoms. The molecule has 29 nitrogen and oxygen atoms in total. The van der Waals surface area contributed by atoms with Crippen LogP contribution in [0.15, 0.2) is 86.6 Å². The van der Waals surface area contributed by atoms with Gasteiger partial charge >= 0.3 is 12.0 Å². The van der Waals surface area contributed by atoms with Crippen molar-refractivity contribution in [1.29, 1.82) is 0 Å². The van der Waals surface area contributed by atoms with E-state index in [1.807, 2.05) is 5.32 Å². The molecule has 6 unspecified atom stereocenters. The number of likely N-dealkylation sites (tertiary alicyclic amines) is 2. The standard InChI is InChI=1S/C22H25F3N4O6S.C21H18F3N5O6S.C17H17F3N4O4S.ClH/c1-22(2,3)35-21(31)29-7-11-10-34-19-16(36(32,33)27-15(11)8-29)9-28(4)18(19)20(30)26-12-5-13(23)17(25)14(24)6-12;1-28-8-15-18(17(28)19(30)26-11-4-12(22)16(24)13(23)5-11)35-9-10-6-29(7-14(10)27-36(15,32)33)21(31)20-25-2-3-34-20;1-24-6-13-16(28-7-8-4-21-5-12(8)23-29(13,26)27)15(24)17(25)22-9-2-10(18)14(20)11(19)3-9;/h5-6,9,11,15,27H,7-8,10H2,1-4H3,(H,26,30);2-5,8,10,14,27H,6-7,9H2,1H3,(H,26,30);2-3,6,8,12,21,23H,4-5,7H2,1H3,(H,22,25);1H. The van der Waals surface area contributed by atoms with E-state index in [1.165, 1.54) is 69.5 Å². The molecule has 13 rings (SSSR count). The van der Waals surface area contributed by atoms with Crippen LogP contribution in [-0.2, 0) is 55.9 Å². The zero-order valence-electron chi connectivity index (χ0n) is 54.0. The first-order chi connectivity index (χ1) is 47.4. The van der Waals surface area contributed by atoms with Gasteiger partial charge in [-0.25, -0.2) is 88.7 Å². The lowest BCUT2D eigenvalue weighted by Gasteiger charge is -2.24. The Morgan fingerprint density at radius 3 is 1.22 bits per heavy atom. The molecule has 6 aliphatic heterocycles. The molecular weight excluding hydrogens is 1460 g/mol. The fraction of sp³-hybridized carbons (Fsp3) is 0.367. The van der Waals surface area contributed by atoms with Crippen LogP contribution in [0, 0.1) is 70.1 Å². The number of nitrogens with two attached hydrogens (primary N) is 1. The molecule has 4 aromatic heterocycles. The molecule has 3 aromatic carbocycles. The van der Waals surface area contributed by atoms with Crippen molar-refractivity contribution in [3.63, 3.8) is 0 Å². The minimum Gasteiger partial charge on any atom is -1.00 e. The van der Waals surface area contributed by atoms with Gasteiger partial charge in [0.2, 0.25) is 30.1 Å². The maximum Gasteiger partial charge on any atom is 0.410 e. The predicted octanol–water partition coefficient (Wildman–Crippen LogP) is 1.03. The van der Waals surface area contributed by atoms with Crippen molar-refractivity contribution >= 4 is 76.9 Å². The molecule has 10 heterocycles. The van der Waals surface area contributed by atoms with Crippen LogP contribution in [-0.4, -0.2) is 166 Å². The van der Waals surface area contributed by atoms with Gasteiger partial charge in [-0.3, -0.25) is 19.2 Å². The number of benzene rings is 3. The summed E-state index contributed by atoms with van der Waals surface area (Å²) in [5.74, 6) is -19.0. The Labute approximate surface area is 579 Å². The number of hydrogen-bond acceptors (Lipinski definition) is 17. The minimum absolute atomic E-state index is 0. The van der Waals surface area contributed by atoms with E-state index in [0.29, 0.717) is 49.5 Å². The van der Waals surface area contributed by atoms with Crippen molar-refractivity contribution in [3.05, 3.63) is 143 Å². The molecule has 102 heavy (non-hydrogen) atoms. The number of hydrogen-bond donors (Lipinski definition) is 7. The number of fused-ring (bicyclic) bond motifs is 6. The summed E-state index contributed by atoms with van der Waals surface area (Å²) >= 11 is 0. The van der Waals surface area contributed by atoms with Crippen LogP contribution < -0.4 is 62.1 Å². The van der Waals surface area contributed by atoms with Crippen molar-refractivity contribution in [1.82, 2.24) is 42.7 Å². The van der Waals surface area contributed by atoms with E-state index in [9.17, 15) is 88.7 Å². The first-order valence-corrected chi connectivity index (χ1v) is 34.7. The first-order valence-electron chi connectivity index (χ1n) is 30.3. The van der Waals surface area contributed by atoms with Crippen molar-refractivity contribution in [3.8, 4) is 17.2 Å². The number of halogens is 10. The molecule has 0 aliphatic carbocycles. The van der Waals surface area contributed by atoms with E-state index in [1.54, 1.807) is 20.8 Å². The molecule has 6 aliphatic rings. The van der Waals surface area contributed by atoms with Gasteiger partial charge in [0.1, 0.15) is 26.6 Å². The summed E-state index contributed by atoms with van der Waals surface area (Å²) in [4.78, 5) is 69.5. The molecule has 3 fully saturated rings. The normalized spacial score (nSPS) is 21.2. The number of rotatable bonds is 7. The van der Waals surface area contributed by atoms with Crippen molar-refractivity contribution in [2.24, 2.45) is 38.9 Å². The Hall–Kier alpha value is -9.39. The van der Waals surface area contributed by atoms with Gasteiger partial charge in [0, 0.05) is 143 Å². The van der Waals surface area contributed by atoms with E-state index in [0.717, 1.165) is 6.20 Å². The third-order valence-electron chi connectivity index (χ3n) is 16.7. The Balaban J connectivity index is 0.000000165. The lowest BCUT2D eigenvalue weighted by Crippen LogP contribution is -3.00. The second-order valence-electron chi connectivity index (χ2n) is 25.1. The smallest absolute Gasteiger partial charge is 0.410 e. The van der Waals surface area contributed by atoms with E-state index >= 15 is 0 Å². The summed E-state index contributed by atoms with van der Waals surface area (Å²) < 4.78 is 238. The number of amides is 5. The molecule has 3 saturated heterocycles. The first kappa shape index (κ1) is 75.3. The number of aromatic nitrogens is 4. The lowest BCUT2D eigenvalue weighted by atomic mass is 10.1. The van der Waals surface area contributed by atoms with E-state index in [4.69, 9.17) is 23.4 Å². The quantitative estimate of drug-likeness (QED) is 0.0865. The van der Waals surface area contributed by atoms with Crippen molar-refractivity contribution < 1.29 is 130 Å². The molecule has 8 N–H and O–H groups in total. The van der Waals surface area contributed by atoms with Crippen molar-refractivity contribution in [2.75, 3.05) is 75.0 Å². The number of quaternary nitrogens is 1. The van der Waals surface area contributed by atoms with E-state index in [2.05, 4.69) is 35.1 Å². The topological polar surface area (TPSA) is 361 Å². The summed E-state index contributed by atoms with van der Waals surface area (Å²) in [6.45, 7) is 6.91. The third-order valence-corrected chi connectivity index (χ3v) is 21.1. The van der Waals surface area contributed by atoms with E-state index in [-0.39, 0.29) is 142 Å². The fourth-order valence-electron chi connectivity index (χ4n) is 12.0. The largest absolute Gasteiger partial charge is 1.00 e. The average molecular weight is 1520 g/mol. The summed E-state index contributed by atoms with van der Waals surface area (Å²) in [6, 6.07) is 2.00. The SMILES string of the molecule is Cn1cc2c(c1C(=O)Nc1cc(F)c(F)c(F)c1)OCC1CN(C(=O)OC(C)(C)C)CC1NS2(=O)=O.Cn1cc2c(c1C(=O)Nc1cc(F)c(F)c(F)c1)OCC1CN(C(=O)c3ncco3)CC1NS2(=O)=O.Cn1cc2c(c1C(=O)Nc1cc(F)c(F)c(F)c1)OCC1C[NH2+]CC1NS2(=O)=O.[Cl-]. The zero-order chi connectivity index (χ0) is 73.3. The molecule has 0 saturated carbocycles. The van der Waals surface area contributed by atoms with Crippen LogP contribution in [0.4, 0.5) is 61.4 Å².